The third kappa shape index (κ3) is 4.07. The summed E-state index contributed by atoms with van der Waals surface area (Å²) in [5.74, 6) is 0.861. The lowest BCUT2D eigenvalue weighted by atomic mass is 10.0. The van der Waals surface area contributed by atoms with E-state index in [-0.39, 0.29) is 5.82 Å². The zero-order valence-corrected chi connectivity index (χ0v) is 18.7. The number of hydrogen-bond acceptors (Lipinski definition) is 6. The molecule has 0 bridgehead atoms. The summed E-state index contributed by atoms with van der Waals surface area (Å²) in [6.07, 6.45) is 6.13. The number of rotatable bonds is 5. The number of halogens is 1. The molecule has 7 nitrogen and oxygen atoms in total. The van der Waals surface area contributed by atoms with Gasteiger partial charge in [0.2, 0.25) is 5.95 Å². The number of dihydropyridines is 1. The van der Waals surface area contributed by atoms with Gasteiger partial charge in [0.15, 0.2) is 11.5 Å². The molecular weight excluding hydrogens is 417 g/mol. The molecule has 3 heterocycles. The van der Waals surface area contributed by atoms with Gasteiger partial charge in [0.1, 0.15) is 5.82 Å². The van der Waals surface area contributed by atoms with Gasteiger partial charge in [-0.15, -0.1) is 0 Å². The second-order valence-corrected chi connectivity index (χ2v) is 8.10. The number of anilines is 4. The summed E-state index contributed by atoms with van der Waals surface area (Å²) in [5.41, 5.74) is 6.20. The number of fused-ring (bicyclic) bond motifs is 1. The van der Waals surface area contributed by atoms with E-state index in [9.17, 15) is 4.39 Å². The van der Waals surface area contributed by atoms with Crippen LogP contribution in [0.25, 0.3) is 16.6 Å². The molecule has 0 amide bonds. The fourth-order valence-electron chi connectivity index (χ4n) is 4.00. The van der Waals surface area contributed by atoms with Crippen LogP contribution in [0.3, 0.4) is 0 Å². The predicted octanol–water partition coefficient (Wildman–Crippen LogP) is 5.46. The lowest BCUT2D eigenvalue weighted by molar-refractivity contribution is 0.624. The van der Waals surface area contributed by atoms with Gasteiger partial charge in [-0.3, -0.25) is 4.99 Å². The average molecular weight is 442 g/mol. The summed E-state index contributed by atoms with van der Waals surface area (Å²) < 4.78 is 16.2. The smallest absolute Gasteiger partial charge is 0.229 e. The minimum Gasteiger partial charge on any atom is -0.338 e. The van der Waals surface area contributed by atoms with Crippen molar-refractivity contribution < 1.29 is 4.39 Å². The summed E-state index contributed by atoms with van der Waals surface area (Å²) in [4.78, 5) is 13.3. The second kappa shape index (κ2) is 8.46. The molecule has 2 N–H and O–H groups in total. The molecule has 0 spiro atoms. The van der Waals surface area contributed by atoms with Crippen LogP contribution < -0.4 is 10.6 Å². The number of nitrogens with zero attached hydrogens (tertiary/aromatic N) is 5. The monoisotopic (exact) mass is 441 g/mol. The van der Waals surface area contributed by atoms with E-state index in [1.54, 1.807) is 23.0 Å². The van der Waals surface area contributed by atoms with Crippen LogP contribution in [-0.4, -0.2) is 32.5 Å². The van der Waals surface area contributed by atoms with Crippen LogP contribution in [0, 0.1) is 19.7 Å². The Morgan fingerprint density at radius 2 is 1.88 bits per heavy atom. The molecule has 0 saturated carbocycles. The maximum Gasteiger partial charge on any atom is 0.229 e. The molecule has 0 unspecified atom stereocenters. The SMILES string of the molecule is Cc1cccc(C)c1Nc1nn(C)c2nc(Nc3ccc(F)c(C4=CCN=CC4)c3)ncc12. The summed E-state index contributed by atoms with van der Waals surface area (Å²) in [6.45, 7) is 4.70. The molecule has 8 heteroatoms. The molecule has 0 atom stereocenters. The Morgan fingerprint density at radius 1 is 1.06 bits per heavy atom. The Morgan fingerprint density at radius 3 is 2.64 bits per heavy atom. The maximum atomic E-state index is 14.4. The first-order valence-corrected chi connectivity index (χ1v) is 10.8. The maximum absolute atomic E-state index is 14.4. The van der Waals surface area contributed by atoms with Crippen molar-refractivity contribution in [2.45, 2.75) is 20.3 Å². The third-order valence-electron chi connectivity index (χ3n) is 5.76. The fraction of sp³-hybridized carbons (Fsp3) is 0.200. The summed E-state index contributed by atoms with van der Waals surface area (Å²) in [6, 6.07) is 11.1. The third-order valence-corrected chi connectivity index (χ3v) is 5.76. The van der Waals surface area contributed by atoms with Crippen molar-refractivity contribution >= 4 is 46.0 Å². The number of aromatic nitrogens is 4. The summed E-state index contributed by atoms with van der Waals surface area (Å²) >= 11 is 0. The van der Waals surface area contributed by atoms with E-state index in [0.717, 1.165) is 27.8 Å². The van der Waals surface area contributed by atoms with Gasteiger partial charge in [-0.05, 0) is 48.7 Å². The minimum atomic E-state index is -0.257. The number of hydrogen-bond donors (Lipinski definition) is 2. The van der Waals surface area contributed by atoms with Crippen LogP contribution in [0.15, 0.2) is 53.7 Å². The molecular formula is C25H24FN7. The van der Waals surface area contributed by atoms with Crippen LogP contribution in [-0.2, 0) is 7.05 Å². The van der Waals surface area contributed by atoms with Crippen molar-refractivity contribution in [1.82, 2.24) is 19.7 Å². The van der Waals surface area contributed by atoms with Crippen LogP contribution in [0.1, 0.15) is 23.1 Å². The number of benzene rings is 2. The molecule has 5 rings (SSSR count). The Balaban J connectivity index is 1.44. The Bertz CT molecular complexity index is 1400. The highest BCUT2D eigenvalue weighted by Crippen LogP contribution is 2.30. The van der Waals surface area contributed by atoms with Crippen molar-refractivity contribution in [3.63, 3.8) is 0 Å². The summed E-state index contributed by atoms with van der Waals surface area (Å²) in [5, 5.41) is 12.1. The van der Waals surface area contributed by atoms with Crippen LogP contribution in [0.5, 0.6) is 0 Å². The topological polar surface area (TPSA) is 80.0 Å². The van der Waals surface area contributed by atoms with E-state index in [4.69, 9.17) is 0 Å². The number of nitrogens with one attached hydrogen (secondary N) is 2. The number of aliphatic imine (C=N–C) groups is 1. The zero-order valence-electron chi connectivity index (χ0n) is 18.7. The van der Waals surface area contributed by atoms with Crippen molar-refractivity contribution in [2.75, 3.05) is 17.2 Å². The molecule has 2 aromatic carbocycles. The van der Waals surface area contributed by atoms with Crippen molar-refractivity contribution in [3.8, 4) is 0 Å². The number of allylic oxidation sites excluding steroid dienone is 1. The van der Waals surface area contributed by atoms with E-state index in [2.05, 4.69) is 56.7 Å². The van der Waals surface area contributed by atoms with Gasteiger partial charge >= 0.3 is 0 Å². The Kier molecular flexibility index (Phi) is 5.34. The number of aryl methyl sites for hydroxylation is 3. The van der Waals surface area contributed by atoms with Gasteiger partial charge in [-0.25, -0.2) is 14.1 Å². The molecule has 0 radical (unpaired) electrons. The Hall–Kier alpha value is -4.07. The number of para-hydroxylation sites is 1. The van der Waals surface area contributed by atoms with Crippen molar-refractivity contribution in [2.24, 2.45) is 12.0 Å². The molecule has 0 saturated heterocycles. The molecule has 1 aliphatic rings. The van der Waals surface area contributed by atoms with Crippen LogP contribution in [0.4, 0.5) is 27.5 Å². The molecule has 4 aromatic rings. The lowest BCUT2D eigenvalue weighted by Gasteiger charge is -2.12. The first kappa shape index (κ1) is 20.8. The standard InChI is InChI=1S/C25H24FN7/c1-15-5-4-6-16(2)22(15)30-23-20-14-28-25(31-24(20)33(3)32-23)29-18-7-8-21(26)19(13-18)17-9-11-27-12-10-17/h4-9,12-14H,10-11H2,1-3H3,(H,30,32)(H,28,29,31). The molecule has 0 fully saturated rings. The van der Waals surface area contributed by atoms with E-state index in [1.807, 2.05) is 25.4 Å². The quantitative estimate of drug-likeness (QED) is 0.430. The van der Waals surface area contributed by atoms with Crippen molar-refractivity contribution in [3.05, 3.63) is 71.2 Å². The first-order chi connectivity index (χ1) is 16.0. The van der Waals surface area contributed by atoms with Crippen LogP contribution in [0.2, 0.25) is 0 Å². The van der Waals surface area contributed by atoms with Gasteiger partial charge in [0.05, 0.1) is 11.9 Å². The molecule has 33 heavy (non-hydrogen) atoms. The van der Waals surface area contributed by atoms with Gasteiger partial charge < -0.3 is 10.6 Å². The van der Waals surface area contributed by atoms with Crippen LogP contribution >= 0.6 is 0 Å². The average Bonchev–Trinajstić information content (AvgIpc) is 3.13. The van der Waals surface area contributed by atoms with E-state index >= 15 is 0 Å². The zero-order chi connectivity index (χ0) is 22.9. The second-order valence-electron chi connectivity index (χ2n) is 8.10. The summed E-state index contributed by atoms with van der Waals surface area (Å²) in [7, 11) is 1.85. The van der Waals surface area contributed by atoms with Gasteiger partial charge in [-0.1, -0.05) is 24.3 Å². The van der Waals surface area contributed by atoms with E-state index in [0.29, 0.717) is 41.6 Å². The fourth-order valence-corrected chi connectivity index (χ4v) is 4.00. The van der Waals surface area contributed by atoms with Crippen molar-refractivity contribution in [1.29, 1.82) is 0 Å². The first-order valence-electron chi connectivity index (χ1n) is 10.8. The molecule has 166 valence electrons. The highest BCUT2D eigenvalue weighted by atomic mass is 19.1. The molecule has 2 aromatic heterocycles. The minimum absolute atomic E-state index is 0.257. The van der Waals surface area contributed by atoms with Gasteiger partial charge in [0.25, 0.3) is 0 Å². The van der Waals surface area contributed by atoms with Gasteiger partial charge in [-0.2, -0.15) is 10.1 Å². The normalized spacial score (nSPS) is 13.3. The highest BCUT2D eigenvalue weighted by Gasteiger charge is 2.15. The lowest BCUT2D eigenvalue weighted by Crippen LogP contribution is -2.01. The highest BCUT2D eigenvalue weighted by molar-refractivity contribution is 5.90. The van der Waals surface area contributed by atoms with Gasteiger partial charge in [0, 0.05) is 42.8 Å². The predicted molar refractivity (Wildman–Crippen MR) is 131 cm³/mol. The Labute approximate surface area is 191 Å². The molecule has 0 aliphatic carbocycles. The van der Waals surface area contributed by atoms with E-state index < -0.39 is 0 Å². The van der Waals surface area contributed by atoms with E-state index in [1.165, 1.54) is 6.07 Å². The molecule has 1 aliphatic heterocycles. The largest absolute Gasteiger partial charge is 0.338 e.